The molecular formula is C12H13Cl2N3O. The van der Waals surface area contributed by atoms with E-state index in [-0.39, 0.29) is 5.92 Å². The van der Waals surface area contributed by atoms with Crippen molar-refractivity contribution < 1.29 is 4.52 Å². The van der Waals surface area contributed by atoms with Crippen LogP contribution in [0.25, 0.3) is 0 Å². The van der Waals surface area contributed by atoms with Crippen LogP contribution in [0.4, 0.5) is 0 Å². The quantitative estimate of drug-likeness (QED) is 0.937. The van der Waals surface area contributed by atoms with Gasteiger partial charge < -0.3 is 10.3 Å². The minimum atomic E-state index is -0.502. The molecule has 0 fully saturated rings. The monoisotopic (exact) mass is 285 g/mol. The number of hydrogen-bond acceptors (Lipinski definition) is 4. The lowest BCUT2D eigenvalue weighted by molar-refractivity contribution is 0.359. The summed E-state index contributed by atoms with van der Waals surface area (Å²) in [4.78, 5) is 4.26. The zero-order valence-corrected chi connectivity index (χ0v) is 11.5. The van der Waals surface area contributed by atoms with E-state index in [1.807, 2.05) is 13.8 Å². The molecule has 0 radical (unpaired) electrons. The Morgan fingerprint density at radius 2 is 1.78 bits per heavy atom. The van der Waals surface area contributed by atoms with Crippen molar-refractivity contribution >= 4 is 23.2 Å². The molecule has 0 aliphatic heterocycles. The maximum absolute atomic E-state index is 6.07. The second kappa shape index (κ2) is 5.26. The third-order valence-corrected chi connectivity index (χ3v) is 2.91. The van der Waals surface area contributed by atoms with Gasteiger partial charge in [0.1, 0.15) is 0 Å². The summed E-state index contributed by atoms with van der Waals surface area (Å²) in [6.07, 6.45) is 0. The van der Waals surface area contributed by atoms with Gasteiger partial charge in [0, 0.05) is 16.0 Å². The summed E-state index contributed by atoms with van der Waals surface area (Å²) in [5.41, 5.74) is 6.82. The van der Waals surface area contributed by atoms with E-state index in [4.69, 9.17) is 33.5 Å². The van der Waals surface area contributed by atoms with Gasteiger partial charge >= 0.3 is 0 Å². The first-order chi connectivity index (χ1) is 8.47. The smallest absolute Gasteiger partial charge is 0.229 e. The summed E-state index contributed by atoms with van der Waals surface area (Å²) in [5.74, 6) is 1.16. The van der Waals surface area contributed by atoms with Crippen LogP contribution < -0.4 is 5.73 Å². The van der Waals surface area contributed by atoms with Crippen LogP contribution in [0.1, 0.15) is 43.1 Å². The SMILES string of the molecule is CC(C)c1nc(C(N)c2cc(Cl)cc(Cl)c2)no1. The molecule has 96 valence electrons. The second-order valence-electron chi connectivity index (χ2n) is 4.33. The molecule has 0 aliphatic carbocycles. The Balaban J connectivity index is 2.31. The fraction of sp³-hybridized carbons (Fsp3) is 0.333. The molecule has 2 N–H and O–H groups in total. The summed E-state index contributed by atoms with van der Waals surface area (Å²) in [7, 11) is 0. The van der Waals surface area contributed by atoms with E-state index in [1.54, 1.807) is 18.2 Å². The van der Waals surface area contributed by atoms with Gasteiger partial charge in [-0.2, -0.15) is 4.98 Å². The fourth-order valence-corrected chi connectivity index (χ4v) is 2.05. The lowest BCUT2D eigenvalue weighted by Gasteiger charge is -2.08. The molecule has 2 aromatic rings. The van der Waals surface area contributed by atoms with Crippen LogP contribution >= 0.6 is 23.2 Å². The van der Waals surface area contributed by atoms with Gasteiger partial charge in [0.05, 0.1) is 6.04 Å². The van der Waals surface area contributed by atoms with Gasteiger partial charge in [0.2, 0.25) is 5.89 Å². The van der Waals surface area contributed by atoms with E-state index in [1.165, 1.54) is 0 Å². The number of nitrogens with zero attached hydrogens (tertiary/aromatic N) is 2. The number of rotatable bonds is 3. The Bertz CT molecular complexity index is 534. The van der Waals surface area contributed by atoms with Crippen molar-refractivity contribution in [3.8, 4) is 0 Å². The van der Waals surface area contributed by atoms with Crippen molar-refractivity contribution in [3.63, 3.8) is 0 Å². The highest BCUT2D eigenvalue weighted by atomic mass is 35.5. The topological polar surface area (TPSA) is 64.9 Å². The maximum Gasteiger partial charge on any atom is 0.229 e. The van der Waals surface area contributed by atoms with Gasteiger partial charge in [-0.15, -0.1) is 0 Å². The minimum absolute atomic E-state index is 0.168. The van der Waals surface area contributed by atoms with Gasteiger partial charge in [0.15, 0.2) is 5.82 Å². The van der Waals surface area contributed by atoms with Crippen molar-refractivity contribution in [1.29, 1.82) is 0 Å². The zero-order chi connectivity index (χ0) is 13.3. The number of aromatic nitrogens is 2. The summed E-state index contributed by atoms with van der Waals surface area (Å²) in [6, 6.07) is 4.62. The molecule has 1 aromatic carbocycles. The summed E-state index contributed by atoms with van der Waals surface area (Å²) in [6.45, 7) is 3.94. The van der Waals surface area contributed by atoms with E-state index in [2.05, 4.69) is 10.1 Å². The van der Waals surface area contributed by atoms with Crippen molar-refractivity contribution in [2.24, 2.45) is 5.73 Å². The van der Waals surface area contributed by atoms with Crippen LogP contribution in [0.3, 0.4) is 0 Å². The van der Waals surface area contributed by atoms with Crippen LogP contribution in [0.2, 0.25) is 10.0 Å². The lowest BCUT2D eigenvalue weighted by Crippen LogP contribution is -2.13. The molecule has 4 nitrogen and oxygen atoms in total. The average molecular weight is 286 g/mol. The van der Waals surface area contributed by atoms with Crippen LogP contribution in [0, 0.1) is 0 Å². The predicted molar refractivity (Wildman–Crippen MR) is 70.9 cm³/mol. The van der Waals surface area contributed by atoms with Gasteiger partial charge in [-0.1, -0.05) is 42.2 Å². The lowest BCUT2D eigenvalue weighted by atomic mass is 10.1. The minimum Gasteiger partial charge on any atom is -0.339 e. The first kappa shape index (κ1) is 13.3. The molecule has 2 rings (SSSR count). The third-order valence-electron chi connectivity index (χ3n) is 2.47. The van der Waals surface area contributed by atoms with E-state index in [0.717, 1.165) is 5.56 Å². The van der Waals surface area contributed by atoms with Crippen molar-refractivity contribution in [1.82, 2.24) is 10.1 Å². The predicted octanol–water partition coefficient (Wildman–Crippen LogP) is 3.55. The first-order valence-corrected chi connectivity index (χ1v) is 6.28. The van der Waals surface area contributed by atoms with E-state index >= 15 is 0 Å². The Hall–Kier alpha value is -1.10. The largest absolute Gasteiger partial charge is 0.339 e. The normalized spacial score (nSPS) is 13.0. The highest BCUT2D eigenvalue weighted by Crippen LogP contribution is 2.25. The fourth-order valence-electron chi connectivity index (χ4n) is 1.51. The summed E-state index contributed by atoms with van der Waals surface area (Å²) in [5, 5.41) is 4.93. The van der Waals surface area contributed by atoms with Crippen LogP contribution in [0.15, 0.2) is 22.7 Å². The Morgan fingerprint density at radius 1 is 1.17 bits per heavy atom. The molecule has 6 heteroatoms. The van der Waals surface area contributed by atoms with Crippen molar-refractivity contribution in [2.75, 3.05) is 0 Å². The molecule has 0 aliphatic rings. The van der Waals surface area contributed by atoms with Crippen molar-refractivity contribution in [3.05, 3.63) is 45.5 Å². The Kier molecular flexibility index (Phi) is 3.90. The first-order valence-electron chi connectivity index (χ1n) is 5.52. The molecule has 1 unspecified atom stereocenters. The van der Waals surface area contributed by atoms with E-state index in [9.17, 15) is 0 Å². The molecule has 0 spiro atoms. The molecule has 0 amide bonds. The second-order valence-corrected chi connectivity index (χ2v) is 5.20. The summed E-state index contributed by atoms with van der Waals surface area (Å²) < 4.78 is 5.12. The third kappa shape index (κ3) is 2.83. The van der Waals surface area contributed by atoms with Gasteiger partial charge in [-0.3, -0.25) is 0 Å². The number of halogens is 2. The molecule has 0 saturated heterocycles. The van der Waals surface area contributed by atoms with Gasteiger partial charge in [-0.25, -0.2) is 0 Å². The molecule has 1 atom stereocenters. The summed E-state index contributed by atoms with van der Waals surface area (Å²) >= 11 is 11.9. The van der Waals surface area contributed by atoms with Crippen LogP contribution in [-0.2, 0) is 0 Å². The van der Waals surface area contributed by atoms with E-state index < -0.39 is 6.04 Å². The molecular weight excluding hydrogens is 273 g/mol. The molecule has 1 aromatic heterocycles. The average Bonchev–Trinajstić information content (AvgIpc) is 2.75. The zero-order valence-electron chi connectivity index (χ0n) is 10.0. The van der Waals surface area contributed by atoms with Crippen LogP contribution in [-0.4, -0.2) is 10.1 Å². The number of hydrogen-bond donors (Lipinski definition) is 1. The Labute approximate surface area is 115 Å². The standard InChI is InChI=1S/C12H13Cl2N3O/c1-6(2)12-16-11(17-18-12)10(15)7-3-8(13)5-9(14)4-7/h3-6,10H,15H2,1-2H3. The molecule has 18 heavy (non-hydrogen) atoms. The number of benzene rings is 1. The number of nitrogens with two attached hydrogens (primary N) is 1. The Morgan fingerprint density at radius 3 is 2.28 bits per heavy atom. The highest BCUT2D eigenvalue weighted by molar-refractivity contribution is 6.34. The van der Waals surface area contributed by atoms with Gasteiger partial charge in [-0.05, 0) is 23.8 Å². The molecule has 0 saturated carbocycles. The highest BCUT2D eigenvalue weighted by Gasteiger charge is 2.18. The van der Waals surface area contributed by atoms with Crippen molar-refractivity contribution in [2.45, 2.75) is 25.8 Å². The van der Waals surface area contributed by atoms with Gasteiger partial charge in [0.25, 0.3) is 0 Å². The maximum atomic E-state index is 6.07. The van der Waals surface area contributed by atoms with E-state index in [0.29, 0.717) is 21.8 Å². The molecule has 1 heterocycles. The molecule has 0 bridgehead atoms. The van der Waals surface area contributed by atoms with Crippen LogP contribution in [0.5, 0.6) is 0 Å².